The molecule has 0 aliphatic carbocycles. The number of hydrogen-bond donors (Lipinski definition) is 0. The topological polar surface area (TPSA) is 74.1 Å². The van der Waals surface area contributed by atoms with E-state index >= 15 is 0 Å². The van der Waals surface area contributed by atoms with Crippen LogP contribution in [-0.4, -0.2) is 33.4 Å². The summed E-state index contributed by atoms with van der Waals surface area (Å²) in [6, 6.07) is 6.99. The first-order valence-electron chi connectivity index (χ1n) is 8.37. The molecule has 0 unspecified atom stereocenters. The minimum Gasteiger partial charge on any atom is -0.457 e. The monoisotopic (exact) mass is 343 g/mol. The average Bonchev–Trinajstić information content (AvgIpc) is 3.01. The number of aromatic nitrogens is 3. The molecule has 0 fully saturated rings. The summed E-state index contributed by atoms with van der Waals surface area (Å²) in [6.07, 6.45) is 2.15. The van der Waals surface area contributed by atoms with Crippen LogP contribution >= 0.6 is 0 Å². The molecule has 2 aromatic rings. The number of Topliss-reactive ketones (excluding diaryl/α,β-unsaturated/α-hetero) is 1. The Balaban J connectivity index is 1.97. The Bertz CT molecular complexity index is 740. The molecule has 1 aromatic heterocycles. The highest BCUT2D eigenvalue weighted by atomic mass is 16.5. The Labute approximate surface area is 148 Å². The van der Waals surface area contributed by atoms with Crippen LogP contribution in [-0.2, 0) is 9.53 Å². The Morgan fingerprint density at radius 1 is 1.16 bits per heavy atom. The van der Waals surface area contributed by atoms with E-state index in [2.05, 4.69) is 24.2 Å². The summed E-state index contributed by atoms with van der Waals surface area (Å²) >= 11 is 0. The Morgan fingerprint density at radius 3 is 2.32 bits per heavy atom. The highest BCUT2D eigenvalue weighted by Gasteiger charge is 2.18. The van der Waals surface area contributed by atoms with Crippen molar-refractivity contribution in [2.45, 2.75) is 47.0 Å². The summed E-state index contributed by atoms with van der Waals surface area (Å²) in [5, 5.41) is 8.20. The Kier molecular flexibility index (Phi) is 5.72. The number of rotatable bonds is 6. The quantitative estimate of drug-likeness (QED) is 0.592. The van der Waals surface area contributed by atoms with Gasteiger partial charge in [-0.25, -0.2) is 4.68 Å². The van der Waals surface area contributed by atoms with Gasteiger partial charge in [0.05, 0.1) is 24.0 Å². The lowest BCUT2D eigenvalue weighted by Crippen LogP contribution is -2.19. The van der Waals surface area contributed by atoms with Crippen molar-refractivity contribution in [2.24, 2.45) is 5.41 Å². The maximum atomic E-state index is 12.1. The van der Waals surface area contributed by atoms with Crippen LogP contribution < -0.4 is 0 Å². The van der Waals surface area contributed by atoms with Crippen molar-refractivity contribution in [3.8, 4) is 5.69 Å². The lowest BCUT2D eigenvalue weighted by atomic mass is 9.92. The van der Waals surface area contributed by atoms with Crippen molar-refractivity contribution in [3.63, 3.8) is 0 Å². The van der Waals surface area contributed by atoms with Gasteiger partial charge in [-0.1, -0.05) is 39.8 Å². The molecule has 0 aliphatic rings. The van der Waals surface area contributed by atoms with Crippen LogP contribution in [0.5, 0.6) is 0 Å². The predicted molar refractivity (Wildman–Crippen MR) is 94.8 cm³/mol. The van der Waals surface area contributed by atoms with Crippen molar-refractivity contribution < 1.29 is 14.3 Å². The fourth-order valence-electron chi connectivity index (χ4n) is 2.18. The van der Waals surface area contributed by atoms with Crippen molar-refractivity contribution in [1.82, 2.24) is 15.0 Å². The van der Waals surface area contributed by atoms with Gasteiger partial charge in [-0.05, 0) is 35.6 Å². The summed E-state index contributed by atoms with van der Waals surface area (Å²) < 4.78 is 6.74. The van der Waals surface area contributed by atoms with Crippen molar-refractivity contribution in [1.29, 1.82) is 0 Å². The zero-order valence-electron chi connectivity index (χ0n) is 15.4. The van der Waals surface area contributed by atoms with Crippen molar-refractivity contribution >= 4 is 11.8 Å². The molecule has 25 heavy (non-hydrogen) atoms. The van der Waals surface area contributed by atoms with Gasteiger partial charge in [0.2, 0.25) is 0 Å². The third-order valence-electron chi connectivity index (χ3n) is 3.60. The van der Waals surface area contributed by atoms with E-state index in [9.17, 15) is 9.59 Å². The maximum Gasteiger partial charge on any atom is 0.306 e. The van der Waals surface area contributed by atoms with E-state index in [0.29, 0.717) is 11.5 Å². The van der Waals surface area contributed by atoms with Gasteiger partial charge >= 0.3 is 5.97 Å². The van der Waals surface area contributed by atoms with Crippen molar-refractivity contribution in [3.05, 3.63) is 41.7 Å². The molecule has 134 valence electrons. The SMILES string of the molecule is CC(C)c1cn(-c2ccc(C(=O)COC(=O)CC(C)(C)C)cc2)nn1. The Morgan fingerprint density at radius 2 is 1.80 bits per heavy atom. The lowest BCUT2D eigenvalue weighted by molar-refractivity contribution is -0.144. The average molecular weight is 343 g/mol. The van der Waals surface area contributed by atoms with Gasteiger partial charge in [-0.2, -0.15) is 0 Å². The molecule has 6 heteroatoms. The zero-order chi connectivity index (χ0) is 18.6. The third-order valence-corrected chi connectivity index (χ3v) is 3.60. The smallest absolute Gasteiger partial charge is 0.306 e. The van der Waals surface area contributed by atoms with E-state index in [1.807, 2.05) is 27.0 Å². The van der Waals surface area contributed by atoms with E-state index in [0.717, 1.165) is 11.4 Å². The van der Waals surface area contributed by atoms with E-state index in [1.165, 1.54) is 0 Å². The van der Waals surface area contributed by atoms with Crippen molar-refractivity contribution in [2.75, 3.05) is 6.61 Å². The number of hydrogen-bond acceptors (Lipinski definition) is 5. The van der Waals surface area contributed by atoms with Gasteiger partial charge in [-0.3, -0.25) is 9.59 Å². The number of ether oxygens (including phenoxy) is 1. The molecule has 0 saturated carbocycles. The number of ketones is 1. The molecule has 1 heterocycles. The molecule has 0 N–H and O–H groups in total. The summed E-state index contributed by atoms with van der Waals surface area (Å²) in [5.41, 5.74) is 2.07. The molecule has 0 atom stereocenters. The summed E-state index contributed by atoms with van der Waals surface area (Å²) in [7, 11) is 0. The van der Waals surface area contributed by atoms with Crippen LogP contribution in [0, 0.1) is 5.41 Å². The minimum atomic E-state index is -0.360. The predicted octanol–water partition coefficient (Wildman–Crippen LogP) is 3.55. The van der Waals surface area contributed by atoms with Gasteiger partial charge in [0.1, 0.15) is 0 Å². The summed E-state index contributed by atoms with van der Waals surface area (Å²) in [4.78, 5) is 23.8. The normalized spacial score (nSPS) is 11.6. The van der Waals surface area contributed by atoms with Crippen LogP contribution in [0.1, 0.15) is 63.0 Å². The first-order chi connectivity index (χ1) is 11.7. The van der Waals surface area contributed by atoms with Crippen LogP contribution in [0.2, 0.25) is 0 Å². The first kappa shape index (κ1) is 18.8. The Hall–Kier alpha value is -2.50. The number of esters is 1. The largest absolute Gasteiger partial charge is 0.457 e. The van der Waals surface area contributed by atoms with E-state index in [4.69, 9.17) is 4.74 Å². The van der Waals surface area contributed by atoms with Crippen LogP contribution in [0.3, 0.4) is 0 Å². The highest BCUT2D eigenvalue weighted by molar-refractivity contribution is 5.98. The van der Waals surface area contributed by atoms with Crippen LogP contribution in [0.15, 0.2) is 30.5 Å². The van der Waals surface area contributed by atoms with Gasteiger partial charge in [0, 0.05) is 5.56 Å². The molecule has 6 nitrogen and oxygen atoms in total. The second-order valence-corrected chi connectivity index (χ2v) is 7.61. The molecule has 0 aliphatic heterocycles. The minimum absolute atomic E-state index is 0.158. The number of carbonyl (C=O) groups is 2. The van der Waals surface area contributed by atoms with E-state index in [1.54, 1.807) is 28.9 Å². The maximum absolute atomic E-state index is 12.1. The van der Waals surface area contributed by atoms with Gasteiger partial charge < -0.3 is 4.74 Å². The number of nitrogens with zero attached hydrogens (tertiary/aromatic N) is 3. The summed E-state index contributed by atoms with van der Waals surface area (Å²) in [5.74, 6) is -0.283. The van der Waals surface area contributed by atoms with E-state index in [-0.39, 0.29) is 30.2 Å². The molecule has 1 aromatic carbocycles. The zero-order valence-corrected chi connectivity index (χ0v) is 15.4. The number of carbonyl (C=O) groups excluding carboxylic acids is 2. The molecule has 0 spiro atoms. The van der Waals surface area contributed by atoms with Crippen LogP contribution in [0.25, 0.3) is 5.69 Å². The molecular formula is C19H25N3O3. The fourth-order valence-corrected chi connectivity index (χ4v) is 2.18. The highest BCUT2D eigenvalue weighted by Crippen LogP contribution is 2.19. The molecule has 0 saturated heterocycles. The van der Waals surface area contributed by atoms with E-state index < -0.39 is 0 Å². The third kappa shape index (κ3) is 5.52. The van der Waals surface area contributed by atoms with Gasteiger partial charge in [0.25, 0.3) is 0 Å². The second kappa shape index (κ2) is 7.59. The molecule has 2 rings (SSSR count). The molecule has 0 radical (unpaired) electrons. The van der Waals surface area contributed by atoms with Crippen LogP contribution in [0.4, 0.5) is 0 Å². The standard InChI is InChI=1S/C19H25N3O3/c1-13(2)16-11-22(21-20-16)15-8-6-14(7-9-15)17(23)12-25-18(24)10-19(3,4)5/h6-9,11,13H,10,12H2,1-5H3. The second-order valence-electron chi connectivity index (χ2n) is 7.61. The number of benzene rings is 1. The lowest BCUT2D eigenvalue weighted by Gasteiger charge is -2.16. The van der Waals surface area contributed by atoms with Gasteiger partial charge in [0.15, 0.2) is 12.4 Å². The van der Waals surface area contributed by atoms with Gasteiger partial charge in [-0.15, -0.1) is 5.10 Å². The first-order valence-corrected chi connectivity index (χ1v) is 8.37. The molecular weight excluding hydrogens is 318 g/mol. The fraction of sp³-hybridized carbons (Fsp3) is 0.474. The molecule has 0 amide bonds. The molecule has 0 bridgehead atoms. The summed E-state index contributed by atoms with van der Waals surface area (Å²) in [6.45, 7) is 9.71.